The van der Waals surface area contributed by atoms with E-state index in [0.717, 1.165) is 25.7 Å². The largest absolute Gasteiger partial charge is 0.481 e. The number of carbonyl (C=O) groups is 2. The zero-order valence-electron chi connectivity index (χ0n) is 17.0. The van der Waals surface area contributed by atoms with Gasteiger partial charge in [0.2, 0.25) is 0 Å². The maximum absolute atomic E-state index is 12.7. The summed E-state index contributed by atoms with van der Waals surface area (Å²) >= 11 is 0. The number of carbonyl (C=O) groups excluding carboxylic acids is 1. The summed E-state index contributed by atoms with van der Waals surface area (Å²) in [6.07, 6.45) is 5.59. The van der Waals surface area contributed by atoms with E-state index >= 15 is 0 Å². The van der Waals surface area contributed by atoms with Crippen molar-refractivity contribution in [3.63, 3.8) is 0 Å². The number of rotatable bonds is 11. The number of Topliss-reactive ketones (excluding diaryl/α,β-unsaturated/α-hetero) is 1. The lowest BCUT2D eigenvalue weighted by atomic mass is 9.85. The van der Waals surface area contributed by atoms with Crippen molar-refractivity contribution in [2.75, 3.05) is 0 Å². The number of carboxylic acid groups (broad SMARTS) is 1. The zero-order chi connectivity index (χ0) is 20.4. The van der Waals surface area contributed by atoms with Crippen molar-refractivity contribution in [3.8, 4) is 11.8 Å². The normalized spacial score (nSPS) is 25.1. The third kappa shape index (κ3) is 7.27. The van der Waals surface area contributed by atoms with Gasteiger partial charge in [-0.25, -0.2) is 0 Å². The van der Waals surface area contributed by atoms with E-state index in [2.05, 4.69) is 18.8 Å². The Labute approximate surface area is 163 Å². The van der Waals surface area contributed by atoms with Crippen molar-refractivity contribution in [2.45, 2.75) is 97.2 Å². The number of ketones is 1. The van der Waals surface area contributed by atoms with Crippen LogP contribution in [-0.2, 0) is 9.59 Å². The minimum atomic E-state index is -0.829. The summed E-state index contributed by atoms with van der Waals surface area (Å²) in [5, 5.41) is 29.5. The molecule has 1 aliphatic carbocycles. The predicted octanol–water partition coefficient (Wildman–Crippen LogP) is 3.56. The highest BCUT2D eigenvalue weighted by molar-refractivity contribution is 5.90. The number of hydrogen-bond donors (Lipinski definition) is 3. The molecule has 0 aliphatic heterocycles. The Morgan fingerprint density at radius 1 is 1.19 bits per heavy atom. The molecule has 0 saturated heterocycles. The molecule has 5 heteroatoms. The topological polar surface area (TPSA) is 94.8 Å². The average molecular weight is 381 g/mol. The molecule has 5 nitrogen and oxygen atoms in total. The summed E-state index contributed by atoms with van der Waals surface area (Å²) < 4.78 is 0. The van der Waals surface area contributed by atoms with Crippen molar-refractivity contribution < 1.29 is 24.9 Å². The van der Waals surface area contributed by atoms with Gasteiger partial charge in [0.1, 0.15) is 5.78 Å². The Hall–Kier alpha value is -1.38. The summed E-state index contributed by atoms with van der Waals surface area (Å²) in [5.41, 5.74) is -0.784. The lowest BCUT2D eigenvalue weighted by Gasteiger charge is -2.25. The molecule has 154 valence electrons. The summed E-state index contributed by atoms with van der Waals surface area (Å²) in [7, 11) is 0. The molecule has 0 heterocycles. The first-order valence-electron chi connectivity index (χ1n) is 10.3. The van der Waals surface area contributed by atoms with Crippen LogP contribution in [0.3, 0.4) is 0 Å². The van der Waals surface area contributed by atoms with E-state index in [0.29, 0.717) is 32.1 Å². The molecule has 4 unspecified atom stereocenters. The van der Waals surface area contributed by atoms with Crippen LogP contribution in [0, 0.1) is 29.1 Å². The molecule has 0 aromatic rings. The number of unbranched alkanes of at least 4 members (excludes halogenated alkanes) is 3. The molecule has 0 aromatic carbocycles. The fourth-order valence-corrected chi connectivity index (χ4v) is 3.93. The summed E-state index contributed by atoms with van der Waals surface area (Å²) in [5.74, 6) is 4.68. The molecule has 0 spiro atoms. The maximum Gasteiger partial charge on any atom is 0.303 e. The second-order valence-corrected chi connectivity index (χ2v) is 8.33. The van der Waals surface area contributed by atoms with E-state index in [1.54, 1.807) is 13.8 Å². The molecule has 0 radical (unpaired) electrons. The molecule has 27 heavy (non-hydrogen) atoms. The standard InChI is InChI=1S/C22H36O5/c1-4-5-8-11-16(23)14-15-18-17(20(26)22(2,3)21(18)27)12-9-6-7-10-13-19(24)25/h16-18,21,23,27H,4-5,7-8,10-15H2,1-3H3,(H,24,25). The van der Waals surface area contributed by atoms with Gasteiger partial charge in [-0.1, -0.05) is 40.0 Å². The van der Waals surface area contributed by atoms with E-state index in [-0.39, 0.29) is 30.1 Å². The summed E-state index contributed by atoms with van der Waals surface area (Å²) in [4.78, 5) is 23.2. The number of hydrogen-bond acceptors (Lipinski definition) is 4. The minimum absolute atomic E-state index is 0.0420. The lowest BCUT2D eigenvalue weighted by Crippen LogP contribution is -2.32. The van der Waals surface area contributed by atoms with Crippen LogP contribution in [0.5, 0.6) is 0 Å². The first-order valence-corrected chi connectivity index (χ1v) is 10.3. The minimum Gasteiger partial charge on any atom is -0.481 e. The number of aliphatic hydroxyl groups excluding tert-OH is 2. The van der Waals surface area contributed by atoms with E-state index < -0.39 is 17.5 Å². The molecule has 0 amide bonds. The number of aliphatic hydroxyl groups is 2. The van der Waals surface area contributed by atoms with Crippen LogP contribution in [0.1, 0.15) is 85.0 Å². The van der Waals surface area contributed by atoms with Crippen LogP contribution in [0.25, 0.3) is 0 Å². The van der Waals surface area contributed by atoms with E-state index in [4.69, 9.17) is 5.11 Å². The van der Waals surface area contributed by atoms with Gasteiger partial charge in [-0.3, -0.25) is 9.59 Å². The van der Waals surface area contributed by atoms with Gasteiger partial charge in [0.15, 0.2) is 0 Å². The Kier molecular flexibility index (Phi) is 10.0. The molecular formula is C22H36O5. The molecule has 1 fully saturated rings. The maximum atomic E-state index is 12.7. The highest BCUT2D eigenvalue weighted by Gasteiger charge is 2.53. The molecule has 0 aromatic heterocycles. The van der Waals surface area contributed by atoms with Crippen LogP contribution in [0.4, 0.5) is 0 Å². The van der Waals surface area contributed by atoms with Gasteiger partial charge in [0.05, 0.1) is 12.2 Å². The van der Waals surface area contributed by atoms with E-state index in [1.807, 2.05) is 0 Å². The smallest absolute Gasteiger partial charge is 0.303 e. The molecule has 1 saturated carbocycles. The van der Waals surface area contributed by atoms with Gasteiger partial charge >= 0.3 is 5.97 Å². The predicted molar refractivity (Wildman–Crippen MR) is 105 cm³/mol. The molecule has 1 rings (SSSR count). The zero-order valence-corrected chi connectivity index (χ0v) is 17.0. The van der Waals surface area contributed by atoms with Crippen molar-refractivity contribution >= 4 is 11.8 Å². The molecule has 3 N–H and O–H groups in total. The van der Waals surface area contributed by atoms with Crippen molar-refractivity contribution in [1.29, 1.82) is 0 Å². The Morgan fingerprint density at radius 3 is 2.52 bits per heavy atom. The Bertz CT molecular complexity index is 543. The van der Waals surface area contributed by atoms with Crippen LogP contribution in [-0.4, -0.2) is 39.3 Å². The van der Waals surface area contributed by atoms with Crippen molar-refractivity contribution in [1.82, 2.24) is 0 Å². The summed E-state index contributed by atoms with van der Waals surface area (Å²) in [6, 6.07) is 0. The second kappa shape index (κ2) is 11.5. The fraction of sp³-hybridized carbons (Fsp3) is 0.818. The van der Waals surface area contributed by atoms with Crippen LogP contribution < -0.4 is 0 Å². The number of aliphatic carboxylic acids is 1. The van der Waals surface area contributed by atoms with Crippen LogP contribution in [0.2, 0.25) is 0 Å². The van der Waals surface area contributed by atoms with Gasteiger partial charge in [-0.05, 0) is 31.6 Å². The second-order valence-electron chi connectivity index (χ2n) is 8.33. The highest BCUT2D eigenvalue weighted by Crippen LogP contribution is 2.45. The Balaban J connectivity index is 2.61. The van der Waals surface area contributed by atoms with Gasteiger partial charge in [0.25, 0.3) is 0 Å². The molecular weight excluding hydrogens is 344 g/mol. The lowest BCUT2D eigenvalue weighted by molar-refractivity contribution is -0.137. The fourth-order valence-electron chi connectivity index (χ4n) is 3.93. The van der Waals surface area contributed by atoms with E-state index in [1.165, 1.54) is 0 Å². The van der Waals surface area contributed by atoms with Crippen LogP contribution in [0.15, 0.2) is 0 Å². The van der Waals surface area contributed by atoms with E-state index in [9.17, 15) is 19.8 Å². The monoisotopic (exact) mass is 380 g/mol. The third-order valence-electron chi connectivity index (χ3n) is 5.75. The quantitative estimate of drug-likeness (QED) is 0.376. The van der Waals surface area contributed by atoms with Gasteiger partial charge in [0, 0.05) is 30.6 Å². The van der Waals surface area contributed by atoms with Crippen molar-refractivity contribution in [2.24, 2.45) is 17.3 Å². The van der Waals surface area contributed by atoms with Crippen molar-refractivity contribution in [3.05, 3.63) is 0 Å². The Morgan fingerprint density at radius 2 is 1.89 bits per heavy atom. The van der Waals surface area contributed by atoms with Gasteiger partial charge in [-0.15, -0.1) is 11.8 Å². The van der Waals surface area contributed by atoms with Crippen LogP contribution >= 0.6 is 0 Å². The molecule has 1 aliphatic rings. The summed E-state index contributed by atoms with van der Waals surface area (Å²) in [6.45, 7) is 5.69. The molecule has 0 bridgehead atoms. The SMILES string of the molecule is CCCCCC(O)CCC1C(CC#CCCCC(=O)O)C(=O)C(C)(C)C1O. The average Bonchev–Trinajstić information content (AvgIpc) is 2.76. The first-order chi connectivity index (χ1) is 12.7. The first kappa shape index (κ1) is 23.7. The highest BCUT2D eigenvalue weighted by atomic mass is 16.4. The third-order valence-corrected chi connectivity index (χ3v) is 5.75. The number of carboxylic acids is 1. The van der Waals surface area contributed by atoms with Gasteiger partial charge < -0.3 is 15.3 Å². The van der Waals surface area contributed by atoms with Gasteiger partial charge in [-0.2, -0.15) is 0 Å². The molecule has 4 atom stereocenters.